The second-order valence-corrected chi connectivity index (χ2v) is 5.02. The molecule has 0 aromatic carbocycles. The molecule has 0 aliphatic rings. The van der Waals surface area contributed by atoms with E-state index < -0.39 is 0 Å². The molecule has 0 radical (unpaired) electrons. The van der Waals surface area contributed by atoms with Crippen LogP contribution in [0.3, 0.4) is 0 Å². The molecule has 0 unspecified atom stereocenters. The molecule has 0 aliphatic carbocycles. The molecular weight excluding hydrogens is 264 g/mol. The van der Waals surface area contributed by atoms with Gasteiger partial charge in [0.15, 0.2) is 6.29 Å². The van der Waals surface area contributed by atoms with Gasteiger partial charge in [-0.05, 0) is 6.07 Å². The lowest BCUT2D eigenvalue weighted by atomic mass is 10.2. The minimum absolute atomic E-state index is 0.173. The zero-order chi connectivity index (χ0) is 13.8. The van der Waals surface area contributed by atoms with Gasteiger partial charge in [0.25, 0.3) is 0 Å². The van der Waals surface area contributed by atoms with Crippen LogP contribution in [0.1, 0.15) is 25.7 Å². The second-order valence-electron chi connectivity index (χ2n) is 4.01. The van der Waals surface area contributed by atoms with Crippen molar-refractivity contribution in [2.45, 2.75) is 0 Å². The quantitative estimate of drug-likeness (QED) is 0.390. The molecule has 98 valence electrons. The highest BCUT2D eigenvalue weighted by Crippen LogP contribution is 2.23. The summed E-state index contributed by atoms with van der Waals surface area (Å²) < 4.78 is 0. The summed E-state index contributed by atoms with van der Waals surface area (Å²) in [5, 5.41) is 0.517. The Bertz CT molecular complexity index is 627. The van der Waals surface area contributed by atoms with Gasteiger partial charge in [-0.2, -0.15) is 0 Å². The molecule has 19 heavy (non-hydrogen) atoms. The summed E-state index contributed by atoms with van der Waals surface area (Å²) in [6.07, 6.45) is 5.28. The van der Waals surface area contributed by atoms with E-state index in [9.17, 15) is 9.59 Å². The zero-order valence-corrected chi connectivity index (χ0v) is 11.3. The maximum atomic E-state index is 12.1. The van der Waals surface area contributed by atoms with E-state index in [1.165, 1.54) is 29.8 Å². The third kappa shape index (κ3) is 3.14. The van der Waals surface area contributed by atoms with Gasteiger partial charge < -0.3 is 9.88 Å². The molecule has 2 aromatic rings. The van der Waals surface area contributed by atoms with E-state index >= 15 is 0 Å². The van der Waals surface area contributed by atoms with E-state index in [4.69, 9.17) is 0 Å². The van der Waals surface area contributed by atoms with Crippen molar-refractivity contribution < 1.29 is 9.59 Å². The van der Waals surface area contributed by atoms with E-state index in [0.29, 0.717) is 27.6 Å². The fourth-order valence-electron chi connectivity index (χ4n) is 1.35. The minimum Gasteiger partial charge on any atom is -0.369 e. The van der Waals surface area contributed by atoms with Crippen molar-refractivity contribution in [2.24, 2.45) is 4.99 Å². The Morgan fingerprint density at radius 3 is 2.95 bits per heavy atom. The van der Waals surface area contributed by atoms with Crippen LogP contribution in [0.5, 0.6) is 0 Å². The van der Waals surface area contributed by atoms with Gasteiger partial charge in [0.2, 0.25) is 10.9 Å². The Kier molecular flexibility index (Phi) is 3.86. The molecular formula is C12H12N4O2S. The summed E-state index contributed by atoms with van der Waals surface area (Å²) in [5.41, 5.74) is 0.813. The first kappa shape index (κ1) is 13.2. The topological polar surface area (TPSA) is 78.4 Å². The van der Waals surface area contributed by atoms with Gasteiger partial charge in [0.1, 0.15) is 0 Å². The average molecular weight is 276 g/mol. The largest absolute Gasteiger partial charge is 0.369 e. The molecule has 1 N–H and O–H groups in total. The number of aldehydes is 1. The Morgan fingerprint density at radius 1 is 1.53 bits per heavy atom. The number of nitrogens with one attached hydrogen (secondary N) is 1. The molecule has 7 heteroatoms. The molecule has 2 rings (SSSR count). The number of carbonyl (C=O) groups is 2. The first-order valence-corrected chi connectivity index (χ1v) is 6.26. The smallest absolute Gasteiger partial charge is 0.211 e. The second kappa shape index (κ2) is 5.57. The number of hydrogen-bond acceptors (Lipinski definition) is 5. The van der Waals surface area contributed by atoms with Crippen LogP contribution in [-0.4, -0.2) is 47.4 Å². The average Bonchev–Trinajstić information content (AvgIpc) is 3.04. The predicted molar refractivity (Wildman–Crippen MR) is 73.6 cm³/mol. The Balaban J connectivity index is 2.18. The van der Waals surface area contributed by atoms with Gasteiger partial charge in [-0.3, -0.25) is 9.59 Å². The monoisotopic (exact) mass is 276 g/mol. The number of hydrogen-bond donors (Lipinski definition) is 1. The van der Waals surface area contributed by atoms with Crippen molar-refractivity contribution in [3.05, 3.63) is 34.6 Å². The molecule has 0 saturated heterocycles. The fraction of sp³-hybridized carbons (Fsp3) is 0.167. The van der Waals surface area contributed by atoms with Gasteiger partial charge in [-0.25, -0.2) is 9.98 Å². The molecule has 6 nitrogen and oxygen atoms in total. The Hall–Kier alpha value is -2.28. The van der Waals surface area contributed by atoms with Gasteiger partial charge >= 0.3 is 0 Å². The van der Waals surface area contributed by atoms with Crippen LogP contribution >= 0.6 is 11.3 Å². The summed E-state index contributed by atoms with van der Waals surface area (Å²) in [7, 11) is 3.70. The van der Waals surface area contributed by atoms with Crippen LogP contribution in [0.15, 0.2) is 23.5 Å². The van der Waals surface area contributed by atoms with Gasteiger partial charge in [0, 0.05) is 25.9 Å². The third-order valence-corrected chi connectivity index (χ3v) is 3.12. The number of ketones is 1. The highest BCUT2D eigenvalue weighted by Gasteiger charge is 2.14. The lowest BCUT2D eigenvalue weighted by Crippen LogP contribution is -2.06. The highest BCUT2D eigenvalue weighted by molar-refractivity contribution is 7.17. The normalized spacial score (nSPS) is 10.8. The summed E-state index contributed by atoms with van der Waals surface area (Å²) in [6.45, 7) is 0. The molecule has 0 amide bonds. The van der Waals surface area contributed by atoms with Crippen LogP contribution in [0.4, 0.5) is 5.13 Å². The molecule has 0 aliphatic heterocycles. The van der Waals surface area contributed by atoms with E-state index in [1.54, 1.807) is 11.2 Å². The lowest BCUT2D eigenvalue weighted by Gasteiger charge is -1.99. The van der Waals surface area contributed by atoms with Crippen LogP contribution in [0, 0.1) is 0 Å². The Morgan fingerprint density at radius 2 is 2.32 bits per heavy atom. The SMILES string of the molecule is CN(C)C=Nc1ncc(C(=O)c2c[nH]c(C=O)c2)s1. The van der Waals surface area contributed by atoms with E-state index in [2.05, 4.69) is 15.0 Å². The fourth-order valence-corrected chi connectivity index (χ4v) is 2.07. The Labute approximate surface area is 113 Å². The summed E-state index contributed by atoms with van der Waals surface area (Å²) in [6, 6.07) is 1.51. The van der Waals surface area contributed by atoms with Crippen molar-refractivity contribution in [1.82, 2.24) is 14.9 Å². The van der Waals surface area contributed by atoms with E-state index in [-0.39, 0.29) is 5.78 Å². The maximum Gasteiger partial charge on any atom is 0.211 e. The number of aliphatic imine (C=N–C) groups is 1. The van der Waals surface area contributed by atoms with Crippen molar-refractivity contribution in [3.63, 3.8) is 0 Å². The van der Waals surface area contributed by atoms with Crippen LogP contribution in [0.2, 0.25) is 0 Å². The molecule has 0 bridgehead atoms. The number of aromatic nitrogens is 2. The van der Waals surface area contributed by atoms with E-state index in [0.717, 1.165) is 0 Å². The van der Waals surface area contributed by atoms with Crippen molar-refractivity contribution >= 4 is 34.9 Å². The summed E-state index contributed by atoms with van der Waals surface area (Å²) in [5.74, 6) is -0.173. The molecule has 2 aromatic heterocycles. The molecule has 0 fully saturated rings. The van der Waals surface area contributed by atoms with Crippen molar-refractivity contribution in [2.75, 3.05) is 14.1 Å². The van der Waals surface area contributed by atoms with E-state index in [1.807, 2.05) is 14.1 Å². The number of rotatable bonds is 5. The van der Waals surface area contributed by atoms with Gasteiger partial charge in [-0.15, -0.1) is 0 Å². The minimum atomic E-state index is -0.173. The summed E-state index contributed by atoms with van der Waals surface area (Å²) in [4.78, 5) is 35.8. The molecule has 2 heterocycles. The van der Waals surface area contributed by atoms with Crippen LogP contribution in [0.25, 0.3) is 0 Å². The standard InChI is InChI=1S/C12H12N4O2S/c1-16(2)7-15-12-14-5-10(19-12)11(18)8-3-9(6-17)13-4-8/h3-7,13H,1-2H3. The van der Waals surface area contributed by atoms with Gasteiger partial charge in [0.05, 0.1) is 23.1 Å². The van der Waals surface area contributed by atoms with Gasteiger partial charge in [-0.1, -0.05) is 11.3 Å². The van der Waals surface area contributed by atoms with Crippen LogP contribution in [-0.2, 0) is 0 Å². The lowest BCUT2D eigenvalue weighted by molar-refractivity contribution is 0.104. The first-order chi connectivity index (χ1) is 9.10. The predicted octanol–water partition coefficient (Wildman–Crippen LogP) is 1.74. The zero-order valence-electron chi connectivity index (χ0n) is 10.5. The van der Waals surface area contributed by atoms with Crippen LogP contribution < -0.4 is 0 Å². The number of nitrogens with zero attached hydrogens (tertiary/aromatic N) is 3. The maximum absolute atomic E-state index is 12.1. The third-order valence-electron chi connectivity index (χ3n) is 2.21. The number of aromatic amines is 1. The number of H-pyrrole nitrogens is 1. The molecule has 0 spiro atoms. The first-order valence-electron chi connectivity index (χ1n) is 5.45. The molecule has 0 saturated carbocycles. The molecule has 0 atom stereocenters. The van der Waals surface area contributed by atoms with Crippen molar-refractivity contribution in [1.29, 1.82) is 0 Å². The number of carbonyl (C=O) groups excluding carboxylic acids is 2. The van der Waals surface area contributed by atoms with Crippen molar-refractivity contribution in [3.8, 4) is 0 Å². The highest BCUT2D eigenvalue weighted by atomic mass is 32.1. The summed E-state index contributed by atoms with van der Waals surface area (Å²) >= 11 is 1.21. The number of thiazole rings is 1.